The molecule has 0 rings (SSSR count). The van der Waals surface area contributed by atoms with Gasteiger partial charge in [0.25, 0.3) is 0 Å². The van der Waals surface area contributed by atoms with Crippen LogP contribution in [0.5, 0.6) is 0 Å². The third kappa shape index (κ3) is 16.7. The van der Waals surface area contributed by atoms with Crippen LogP contribution in [0.15, 0.2) is 0 Å². The molecule has 0 aliphatic rings. The van der Waals surface area contributed by atoms with E-state index in [-0.39, 0.29) is 5.75 Å². The molecule has 8 nitrogen and oxygen atoms in total. The molecule has 0 aliphatic heterocycles. The second-order valence-electron chi connectivity index (χ2n) is 1.94. The predicted molar refractivity (Wildman–Crippen MR) is 50.5 cm³/mol. The van der Waals surface area contributed by atoms with Crippen molar-refractivity contribution in [1.29, 1.82) is 0 Å². The van der Waals surface area contributed by atoms with Gasteiger partial charge in [-0.3, -0.25) is 13.0 Å². The van der Waals surface area contributed by atoms with E-state index in [1.807, 2.05) is 0 Å². The highest BCUT2D eigenvalue weighted by Gasteiger charge is 2.11. The molecule has 0 spiro atoms. The fraction of sp³-hybridized carbons (Fsp3) is 1.00. The smallest absolute Gasteiger partial charge is 0.398 e. The summed E-state index contributed by atoms with van der Waals surface area (Å²) in [6.45, 7) is 2.56. The van der Waals surface area contributed by atoms with E-state index < -0.39 is 38.0 Å². The Balaban J connectivity index is 0. The Kier molecular flexibility index (Phi) is 9.63. The summed E-state index contributed by atoms with van der Waals surface area (Å²) in [4.78, 5) is 0. The molecule has 3 unspecified atom stereocenters. The van der Waals surface area contributed by atoms with Crippen LogP contribution in [0.1, 0.15) is 13.8 Å². The highest BCUT2D eigenvalue weighted by molar-refractivity contribution is 7.83. The zero-order valence-corrected chi connectivity index (χ0v) is 10.3. The zero-order valence-electron chi connectivity index (χ0n) is 7.81. The van der Waals surface area contributed by atoms with Crippen LogP contribution in [0, 0.1) is 0 Å². The molecule has 0 aromatic rings. The number of hydrogen-bond acceptors (Lipinski definition) is 7. The Bertz CT molecular complexity index is 308. The molecular formula is C4H10O8S3-2. The maximum absolute atomic E-state index is 9.88. The van der Waals surface area contributed by atoms with Crippen LogP contribution in [0.3, 0.4) is 0 Å². The van der Waals surface area contributed by atoms with Crippen molar-refractivity contribution in [2.24, 2.45) is 0 Å². The molecule has 94 valence electrons. The Hall–Kier alpha value is 0.0900. The number of rotatable bonds is 4. The van der Waals surface area contributed by atoms with Crippen molar-refractivity contribution in [1.82, 2.24) is 0 Å². The maximum atomic E-state index is 9.88. The average Bonchev–Trinajstić information content (AvgIpc) is 2.02. The quantitative estimate of drug-likeness (QED) is 0.506. The Morgan fingerprint density at radius 2 is 1.73 bits per heavy atom. The first-order chi connectivity index (χ1) is 6.60. The van der Waals surface area contributed by atoms with Crippen LogP contribution in [0.2, 0.25) is 0 Å². The Morgan fingerprint density at radius 3 is 1.80 bits per heavy atom. The van der Waals surface area contributed by atoms with E-state index in [2.05, 4.69) is 4.18 Å². The lowest BCUT2D eigenvalue weighted by Gasteiger charge is -2.11. The molecule has 0 saturated heterocycles. The first-order valence-corrected chi connectivity index (χ1v) is 7.14. The number of hydrogen-bond donors (Lipinski definition) is 1. The standard InChI is InChI=1S/C2H6O6S2.C2H6O2S/c1-2(9(3)4)8-10(5,6)7;1-2-5(3)4/h2H,1H3,(H,3,4)(H,5,6,7);2H2,1H3,(H,3,4)/p-2. The first-order valence-electron chi connectivity index (χ1n) is 3.39. The van der Waals surface area contributed by atoms with Crippen LogP contribution in [0.4, 0.5) is 0 Å². The van der Waals surface area contributed by atoms with Gasteiger partial charge in [0.2, 0.25) is 0 Å². The third-order valence-electron chi connectivity index (χ3n) is 0.764. The van der Waals surface area contributed by atoms with Crippen molar-refractivity contribution in [2.75, 3.05) is 5.75 Å². The van der Waals surface area contributed by atoms with Gasteiger partial charge in [-0.2, -0.15) is 8.42 Å². The minimum absolute atomic E-state index is 0.222. The van der Waals surface area contributed by atoms with E-state index >= 15 is 0 Å². The van der Waals surface area contributed by atoms with Crippen LogP contribution < -0.4 is 0 Å². The van der Waals surface area contributed by atoms with Crippen LogP contribution in [-0.2, 0) is 36.7 Å². The molecule has 3 atom stereocenters. The van der Waals surface area contributed by atoms with Gasteiger partial charge in [0.15, 0.2) is 0 Å². The topological polar surface area (TPSA) is 144 Å². The van der Waals surface area contributed by atoms with Crippen molar-refractivity contribution >= 4 is 32.6 Å². The van der Waals surface area contributed by atoms with Gasteiger partial charge in [-0.25, -0.2) is 4.18 Å². The van der Waals surface area contributed by atoms with Gasteiger partial charge >= 0.3 is 10.4 Å². The largest absolute Gasteiger partial charge is 0.772 e. The van der Waals surface area contributed by atoms with Gasteiger partial charge in [0.05, 0.1) is 0 Å². The van der Waals surface area contributed by atoms with Gasteiger partial charge in [-0.15, -0.1) is 0 Å². The molecular weight excluding hydrogens is 272 g/mol. The third-order valence-corrected chi connectivity index (χ3v) is 2.53. The van der Waals surface area contributed by atoms with Gasteiger partial charge in [-0.1, -0.05) is 18.0 Å². The monoisotopic (exact) mass is 282 g/mol. The van der Waals surface area contributed by atoms with Gasteiger partial charge in [0, 0.05) is 5.75 Å². The maximum Gasteiger partial charge on any atom is 0.398 e. The minimum Gasteiger partial charge on any atom is -0.772 e. The second kappa shape index (κ2) is 8.27. The summed E-state index contributed by atoms with van der Waals surface area (Å²) in [5, 5.41) is 0. The van der Waals surface area contributed by atoms with E-state index in [0.717, 1.165) is 6.92 Å². The summed E-state index contributed by atoms with van der Waals surface area (Å²) in [5.41, 5.74) is -1.56. The molecule has 0 heterocycles. The minimum atomic E-state index is -4.66. The molecule has 0 radical (unpaired) electrons. The molecule has 0 aromatic carbocycles. The Labute approximate surface area is 92.5 Å². The molecule has 1 N–H and O–H groups in total. The fourth-order valence-corrected chi connectivity index (χ4v) is 1.10. The molecule has 0 saturated carbocycles. The molecule has 0 bridgehead atoms. The molecule has 11 heteroatoms. The van der Waals surface area contributed by atoms with Gasteiger partial charge in [-0.05, 0) is 18.0 Å². The fourth-order valence-electron chi connectivity index (χ4n) is 0.203. The summed E-state index contributed by atoms with van der Waals surface area (Å²) >= 11 is -4.49. The van der Waals surface area contributed by atoms with E-state index in [9.17, 15) is 25.9 Å². The lowest BCUT2D eigenvalue weighted by atomic mass is 10.9. The molecule has 0 aliphatic carbocycles. The zero-order chi connectivity index (χ0) is 12.6. The predicted octanol–water partition coefficient (Wildman–Crippen LogP) is -1.08. The van der Waals surface area contributed by atoms with Crippen LogP contribution in [-0.4, -0.2) is 41.7 Å². The molecule has 0 aromatic heterocycles. The highest BCUT2D eigenvalue weighted by atomic mass is 32.3. The van der Waals surface area contributed by atoms with Crippen LogP contribution >= 0.6 is 0 Å². The average molecular weight is 282 g/mol. The summed E-state index contributed by atoms with van der Waals surface area (Å²) in [6.07, 6.45) is 0. The van der Waals surface area contributed by atoms with E-state index in [0.29, 0.717) is 0 Å². The SMILES string of the molecule is CC(OS(=O)(=O)O)S(=O)[O-].CCS(=O)[O-]. The second-order valence-corrected chi connectivity index (χ2v) is 5.36. The van der Waals surface area contributed by atoms with Gasteiger partial charge < -0.3 is 9.11 Å². The van der Waals surface area contributed by atoms with Crippen LogP contribution in [0.25, 0.3) is 0 Å². The molecule has 0 fully saturated rings. The summed E-state index contributed by atoms with van der Waals surface area (Å²) in [6, 6.07) is 0. The van der Waals surface area contributed by atoms with E-state index in [4.69, 9.17) is 4.55 Å². The summed E-state index contributed by atoms with van der Waals surface area (Å²) < 4.78 is 69.6. The first kappa shape index (κ1) is 17.5. The van der Waals surface area contributed by atoms with Crippen molar-refractivity contribution in [3.63, 3.8) is 0 Å². The Morgan fingerprint density at radius 1 is 1.40 bits per heavy atom. The highest BCUT2D eigenvalue weighted by Crippen LogP contribution is 1.98. The van der Waals surface area contributed by atoms with Crippen molar-refractivity contribution < 1.29 is 34.7 Å². The lowest BCUT2D eigenvalue weighted by molar-refractivity contribution is 0.248. The van der Waals surface area contributed by atoms with E-state index in [1.165, 1.54) is 0 Å². The van der Waals surface area contributed by atoms with E-state index in [1.54, 1.807) is 6.92 Å². The van der Waals surface area contributed by atoms with Crippen molar-refractivity contribution in [2.45, 2.75) is 19.3 Å². The lowest BCUT2D eigenvalue weighted by Crippen LogP contribution is -2.18. The summed E-state index contributed by atoms with van der Waals surface area (Å²) in [7, 11) is -4.66. The molecule has 15 heavy (non-hydrogen) atoms. The normalized spacial score (nSPS) is 17.1. The summed E-state index contributed by atoms with van der Waals surface area (Å²) in [5.74, 6) is 0.222. The van der Waals surface area contributed by atoms with Gasteiger partial charge in [0.1, 0.15) is 5.44 Å². The molecule has 0 amide bonds. The van der Waals surface area contributed by atoms with Crippen molar-refractivity contribution in [3.8, 4) is 0 Å². The van der Waals surface area contributed by atoms with Crippen molar-refractivity contribution in [3.05, 3.63) is 0 Å².